The van der Waals surface area contributed by atoms with Gasteiger partial charge in [0.25, 0.3) is 0 Å². The molecule has 0 amide bonds. The summed E-state index contributed by atoms with van der Waals surface area (Å²) in [5, 5.41) is 0.975. The Morgan fingerprint density at radius 2 is 1.64 bits per heavy atom. The van der Waals surface area contributed by atoms with Crippen molar-refractivity contribution in [3.8, 4) is 23.0 Å². The van der Waals surface area contributed by atoms with Gasteiger partial charge in [-0.2, -0.15) is 0 Å². The second kappa shape index (κ2) is 12.0. The van der Waals surface area contributed by atoms with Gasteiger partial charge in [-0.05, 0) is 44.9 Å². The van der Waals surface area contributed by atoms with Crippen molar-refractivity contribution in [3.63, 3.8) is 0 Å². The summed E-state index contributed by atoms with van der Waals surface area (Å²) in [6, 6.07) is 9.24. The number of hydrogen-bond acceptors (Lipinski definition) is 5. The summed E-state index contributed by atoms with van der Waals surface area (Å²) >= 11 is 0. The van der Waals surface area contributed by atoms with E-state index in [1.807, 2.05) is 25.1 Å². The van der Waals surface area contributed by atoms with Crippen LogP contribution < -0.4 is 43.1 Å². The fourth-order valence-corrected chi connectivity index (χ4v) is 3.67. The van der Waals surface area contributed by atoms with Gasteiger partial charge in [-0.3, -0.25) is 4.79 Å². The summed E-state index contributed by atoms with van der Waals surface area (Å²) < 4.78 is 21.8. The largest absolute Gasteiger partial charge is 1.00 e. The molecule has 0 saturated heterocycles. The number of aryl methyl sites for hydroxylation is 1. The first-order valence-electron chi connectivity index (χ1n) is 8.88. The van der Waals surface area contributed by atoms with Gasteiger partial charge < -0.3 is 20.4 Å². The monoisotopic (exact) mass is 398 g/mol. The fourth-order valence-electron chi connectivity index (χ4n) is 2.61. The molecule has 2 rings (SSSR count). The molecule has 0 heterocycles. The van der Waals surface area contributed by atoms with Crippen LogP contribution in [0.3, 0.4) is 0 Å². The van der Waals surface area contributed by atoms with Crippen molar-refractivity contribution in [3.05, 3.63) is 41.5 Å². The Hall–Kier alpha value is -1.66. The maximum atomic E-state index is 13.0. The molecule has 0 fully saturated rings. The molecule has 0 aromatic heterocycles. The van der Waals surface area contributed by atoms with Crippen LogP contribution in [-0.4, -0.2) is 33.5 Å². The zero-order valence-electron chi connectivity index (χ0n) is 18.5. The molecule has 148 valence electrons. The van der Waals surface area contributed by atoms with Crippen molar-refractivity contribution in [2.24, 2.45) is 0 Å². The summed E-state index contributed by atoms with van der Waals surface area (Å²) in [4.78, 5) is 13.0. The zero-order valence-corrected chi connectivity index (χ0v) is 18.5. The minimum atomic E-state index is -0.0471. The Kier molecular flexibility index (Phi) is 10.5. The first kappa shape index (κ1) is 24.4. The Labute approximate surface area is 182 Å². The van der Waals surface area contributed by atoms with E-state index in [1.54, 1.807) is 19.2 Å². The molecule has 0 aliphatic heterocycles. The quantitative estimate of drug-likeness (QED) is 0.345. The smallest absolute Gasteiger partial charge is 1.00 e. The average Bonchev–Trinajstić information content (AvgIpc) is 2.68. The predicted molar refractivity (Wildman–Crippen MR) is 111 cm³/mol. The van der Waals surface area contributed by atoms with Gasteiger partial charge in [0.15, 0.2) is 5.52 Å². The predicted octanol–water partition coefficient (Wildman–Crippen LogP) is 1.46. The summed E-state index contributed by atoms with van der Waals surface area (Å²) in [5.74, 6) is 2.30. The van der Waals surface area contributed by atoms with E-state index in [-0.39, 0.29) is 34.4 Å². The Bertz CT molecular complexity index is 776. The topological polar surface area (TPSA) is 54.0 Å². The molecule has 2 aromatic carbocycles. The van der Waals surface area contributed by atoms with E-state index >= 15 is 0 Å². The molecule has 0 aliphatic rings. The normalized spacial score (nSPS) is 10.5. The number of unbranched alkanes of at least 4 members (excludes halogenated alkanes) is 1. The van der Waals surface area contributed by atoms with Gasteiger partial charge in [0, 0.05) is 12.1 Å². The Balaban J connectivity index is 0.00000392. The second-order valence-corrected chi connectivity index (χ2v) is 7.28. The van der Waals surface area contributed by atoms with Crippen LogP contribution in [0, 0.1) is 6.92 Å². The van der Waals surface area contributed by atoms with Crippen molar-refractivity contribution in [1.82, 2.24) is 0 Å². The minimum Gasteiger partial charge on any atom is -1.00 e. The van der Waals surface area contributed by atoms with Gasteiger partial charge in [0.05, 0.1) is 27.9 Å². The molecule has 1 atom stereocenters. The van der Waals surface area contributed by atoms with E-state index in [0.29, 0.717) is 29.4 Å². The van der Waals surface area contributed by atoms with Crippen LogP contribution in [0.1, 0.15) is 37.1 Å². The minimum absolute atomic E-state index is 0. The average molecular weight is 398 g/mol. The van der Waals surface area contributed by atoms with Crippen LogP contribution in [0.5, 0.6) is 23.0 Å². The summed E-state index contributed by atoms with van der Waals surface area (Å²) in [5.41, 5.74) is 1.41. The summed E-state index contributed by atoms with van der Waals surface area (Å²) in [6.07, 6.45) is 2.12. The van der Waals surface area contributed by atoms with Crippen LogP contribution >= 0.6 is 8.58 Å². The number of methoxy groups -OCH3 is 3. The van der Waals surface area contributed by atoms with Crippen LogP contribution in [0.25, 0.3) is 0 Å². The molecule has 0 N–H and O–H groups in total. The van der Waals surface area contributed by atoms with Crippen molar-refractivity contribution in [2.75, 3.05) is 27.9 Å². The molecule has 2 aromatic rings. The molecule has 5 nitrogen and oxygen atoms in total. The molecule has 0 radical (unpaired) electrons. The Morgan fingerprint density at radius 1 is 1.00 bits per heavy atom. The fraction of sp³-hybridized carbons (Fsp3) is 0.381. The third-order valence-corrected chi connectivity index (χ3v) is 5.46. The first-order chi connectivity index (χ1) is 13.0. The van der Waals surface area contributed by atoms with E-state index in [0.717, 1.165) is 29.5 Å². The molecule has 1 unspecified atom stereocenters. The summed E-state index contributed by atoms with van der Waals surface area (Å²) in [6.45, 7) is 4.83. The SMILES string of the molecule is CCCCOc1ccc(PC(=O)c2c(OC)cc(OC)cc2OC)c(C)c1.[H-].[Li+]. The third kappa shape index (κ3) is 6.17. The number of hydrogen-bond donors (Lipinski definition) is 0. The molecular weight excluding hydrogens is 370 g/mol. The van der Waals surface area contributed by atoms with Crippen molar-refractivity contribution in [2.45, 2.75) is 26.7 Å². The van der Waals surface area contributed by atoms with Crippen LogP contribution in [0.4, 0.5) is 0 Å². The summed E-state index contributed by atoms with van der Waals surface area (Å²) in [7, 11) is 4.57. The van der Waals surface area contributed by atoms with Crippen molar-refractivity contribution >= 4 is 19.4 Å². The zero-order chi connectivity index (χ0) is 19.8. The van der Waals surface area contributed by atoms with E-state index in [2.05, 4.69) is 6.92 Å². The molecule has 0 bridgehead atoms. The van der Waals surface area contributed by atoms with E-state index in [4.69, 9.17) is 18.9 Å². The van der Waals surface area contributed by atoms with Gasteiger partial charge in [-0.25, -0.2) is 0 Å². The van der Waals surface area contributed by atoms with E-state index < -0.39 is 0 Å². The maximum Gasteiger partial charge on any atom is 1.00 e. The van der Waals surface area contributed by atoms with Gasteiger partial charge in [0.1, 0.15) is 28.6 Å². The number of benzene rings is 2. The molecule has 0 saturated carbocycles. The van der Waals surface area contributed by atoms with Gasteiger partial charge in [0.2, 0.25) is 0 Å². The first-order valence-corrected chi connectivity index (χ1v) is 9.88. The van der Waals surface area contributed by atoms with Gasteiger partial charge in [-0.1, -0.05) is 19.4 Å². The molecular formula is C21H28LiO5P. The number of carbonyl (C=O) groups excluding carboxylic acids is 1. The molecule has 0 spiro atoms. The van der Waals surface area contributed by atoms with Crippen molar-refractivity contribution in [1.29, 1.82) is 0 Å². The second-order valence-electron chi connectivity index (χ2n) is 6.04. The molecule has 7 heteroatoms. The van der Waals surface area contributed by atoms with Gasteiger partial charge >= 0.3 is 18.9 Å². The van der Waals surface area contributed by atoms with Gasteiger partial charge in [-0.15, -0.1) is 0 Å². The van der Waals surface area contributed by atoms with Crippen LogP contribution in [0.15, 0.2) is 30.3 Å². The maximum absolute atomic E-state index is 13.0. The molecule has 0 aliphatic carbocycles. The van der Waals surface area contributed by atoms with Crippen LogP contribution in [0.2, 0.25) is 0 Å². The van der Waals surface area contributed by atoms with E-state index in [1.165, 1.54) is 14.2 Å². The number of ether oxygens (including phenoxy) is 4. The van der Waals surface area contributed by atoms with Crippen molar-refractivity contribution < 1.29 is 44.0 Å². The molecule has 28 heavy (non-hydrogen) atoms. The Morgan fingerprint density at radius 3 is 2.14 bits per heavy atom. The standard InChI is InChI=1S/C21H27O5P.Li.H/c1-6-7-10-26-15-8-9-19(14(2)11-15)27-21(22)20-17(24-4)12-16(23-3)13-18(20)25-5;;/h8-9,11-13,27H,6-7,10H2,1-5H3;;/q;+1;-1. The van der Waals surface area contributed by atoms with E-state index in [9.17, 15) is 4.79 Å². The van der Waals surface area contributed by atoms with Crippen LogP contribution in [-0.2, 0) is 0 Å². The number of carbonyl (C=O) groups is 1. The number of rotatable bonds is 10. The third-order valence-electron chi connectivity index (χ3n) is 4.15.